The third-order valence-corrected chi connectivity index (χ3v) is 3.97. The van der Waals surface area contributed by atoms with E-state index in [0.717, 1.165) is 24.3 Å². The van der Waals surface area contributed by atoms with Crippen LogP contribution in [-0.2, 0) is 4.74 Å². The number of ether oxygens (including phenoxy) is 1. The molecule has 1 saturated heterocycles. The van der Waals surface area contributed by atoms with Crippen molar-refractivity contribution in [3.8, 4) is 0 Å². The van der Waals surface area contributed by atoms with Gasteiger partial charge in [0.1, 0.15) is 6.10 Å². The fourth-order valence-corrected chi connectivity index (χ4v) is 3.39. The molecule has 0 aromatic heterocycles. The molecule has 0 amide bonds. The summed E-state index contributed by atoms with van der Waals surface area (Å²) >= 11 is 5.01. The van der Waals surface area contributed by atoms with Gasteiger partial charge in [-0.3, -0.25) is 0 Å². The molecule has 1 N–H and O–H groups in total. The van der Waals surface area contributed by atoms with E-state index in [1.807, 2.05) is 0 Å². The van der Waals surface area contributed by atoms with Crippen LogP contribution in [0.1, 0.15) is 19.3 Å². The summed E-state index contributed by atoms with van der Waals surface area (Å²) in [6.07, 6.45) is 4.65. The van der Waals surface area contributed by atoms with Crippen LogP contribution in [0.15, 0.2) is 0 Å². The van der Waals surface area contributed by atoms with Gasteiger partial charge in [-0.25, -0.2) is 0 Å². The van der Waals surface area contributed by atoms with E-state index < -0.39 is 0 Å². The molecule has 0 unspecified atom stereocenters. The first kappa shape index (κ1) is 7.13. The molecule has 3 fully saturated rings. The molecular weight excluding hydrogens is 170 g/mol. The Hall–Kier alpha value is -0.310. The molecule has 2 aliphatic carbocycles. The summed E-state index contributed by atoms with van der Waals surface area (Å²) in [7, 11) is 0. The Morgan fingerprint density at radius 3 is 3.08 bits per heavy atom. The number of thiocarbonyl (C=S) groups is 1. The van der Waals surface area contributed by atoms with Gasteiger partial charge in [0.2, 0.25) is 0 Å². The van der Waals surface area contributed by atoms with Crippen molar-refractivity contribution in [2.75, 3.05) is 6.54 Å². The van der Waals surface area contributed by atoms with Crippen LogP contribution in [0.2, 0.25) is 0 Å². The van der Waals surface area contributed by atoms with Crippen LogP contribution in [-0.4, -0.2) is 17.8 Å². The lowest BCUT2D eigenvalue weighted by molar-refractivity contribution is 0.0505. The van der Waals surface area contributed by atoms with Crippen molar-refractivity contribution < 1.29 is 4.74 Å². The second kappa shape index (κ2) is 2.34. The molecule has 2 nitrogen and oxygen atoms in total. The minimum atomic E-state index is 0.470. The highest BCUT2D eigenvalue weighted by Crippen LogP contribution is 2.50. The fraction of sp³-hybridized carbons (Fsp3) is 0.889. The standard InChI is InChI=1S/C9H13NOS/c12-9-10-4-7-5-1-2-6(3-5)8(7)11-9/h5-8H,1-4H2,(H,10,12)/t5-,6+,7+,8-/m0/s1. The topological polar surface area (TPSA) is 21.3 Å². The molecule has 0 aromatic rings. The number of nitrogens with one attached hydrogen (secondary N) is 1. The molecule has 4 atom stereocenters. The number of hydrogen-bond acceptors (Lipinski definition) is 2. The molecule has 3 aliphatic rings. The third-order valence-electron chi connectivity index (χ3n) is 3.73. The van der Waals surface area contributed by atoms with E-state index in [9.17, 15) is 0 Å². The summed E-state index contributed by atoms with van der Waals surface area (Å²) in [5.41, 5.74) is 0. The Labute approximate surface area is 77.7 Å². The molecule has 2 saturated carbocycles. The van der Waals surface area contributed by atoms with Gasteiger partial charge in [0.05, 0.1) is 0 Å². The van der Waals surface area contributed by atoms with Gasteiger partial charge in [-0.1, -0.05) is 0 Å². The van der Waals surface area contributed by atoms with Crippen LogP contribution in [0.5, 0.6) is 0 Å². The minimum Gasteiger partial charge on any atom is -0.467 e. The van der Waals surface area contributed by atoms with Crippen LogP contribution in [0.4, 0.5) is 0 Å². The predicted molar refractivity (Wildman–Crippen MR) is 49.8 cm³/mol. The Kier molecular flexibility index (Phi) is 1.39. The summed E-state index contributed by atoms with van der Waals surface area (Å²) in [6, 6.07) is 0. The van der Waals surface area contributed by atoms with Gasteiger partial charge < -0.3 is 10.1 Å². The number of fused-ring (bicyclic) bond motifs is 5. The van der Waals surface area contributed by atoms with Crippen molar-refractivity contribution in [1.29, 1.82) is 0 Å². The fourth-order valence-electron chi connectivity index (χ4n) is 3.19. The van der Waals surface area contributed by atoms with Crippen molar-refractivity contribution in [2.45, 2.75) is 25.4 Å². The highest BCUT2D eigenvalue weighted by molar-refractivity contribution is 7.80. The molecule has 0 radical (unpaired) electrons. The van der Waals surface area contributed by atoms with Crippen molar-refractivity contribution in [3.63, 3.8) is 0 Å². The van der Waals surface area contributed by atoms with Gasteiger partial charge >= 0.3 is 0 Å². The van der Waals surface area contributed by atoms with E-state index in [4.69, 9.17) is 17.0 Å². The van der Waals surface area contributed by atoms with Gasteiger partial charge in [-0.15, -0.1) is 0 Å². The Morgan fingerprint density at radius 1 is 1.33 bits per heavy atom. The highest BCUT2D eigenvalue weighted by Gasteiger charge is 2.50. The summed E-state index contributed by atoms with van der Waals surface area (Å²) < 4.78 is 5.66. The predicted octanol–water partition coefficient (Wildman–Crippen LogP) is 1.31. The molecule has 3 heteroatoms. The molecule has 66 valence electrons. The molecule has 0 spiro atoms. The van der Waals surface area contributed by atoms with Crippen molar-refractivity contribution in [2.24, 2.45) is 17.8 Å². The maximum Gasteiger partial charge on any atom is 0.256 e. The maximum atomic E-state index is 5.66. The zero-order chi connectivity index (χ0) is 8.13. The third kappa shape index (κ3) is 0.830. The lowest BCUT2D eigenvalue weighted by Gasteiger charge is -2.36. The van der Waals surface area contributed by atoms with Gasteiger partial charge in [0, 0.05) is 12.5 Å². The Bertz CT molecular complexity index is 231. The Balaban J connectivity index is 1.85. The van der Waals surface area contributed by atoms with Gasteiger partial charge in [-0.2, -0.15) is 0 Å². The van der Waals surface area contributed by atoms with E-state index in [2.05, 4.69) is 5.32 Å². The first-order valence-electron chi connectivity index (χ1n) is 4.79. The average molecular weight is 183 g/mol. The second-order valence-corrected chi connectivity index (χ2v) is 4.62. The maximum absolute atomic E-state index is 5.66. The van der Waals surface area contributed by atoms with E-state index in [1.165, 1.54) is 19.3 Å². The molecule has 2 bridgehead atoms. The first-order chi connectivity index (χ1) is 5.84. The van der Waals surface area contributed by atoms with Crippen LogP contribution in [0, 0.1) is 17.8 Å². The van der Waals surface area contributed by atoms with Crippen LogP contribution in [0.25, 0.3) is 0 Å². The van der Waals surface area contributed by atoms with Crippen molar-refractivity contribution >= 4 is 17.4 Å². The molecule has 1 aliphatic heterocycles. The molecule has 1 heterocycles. The highest BCUT2D eigenvalue weighted by atomic mass is 32.1. The largest absolute Gasteiger partial charge is 0.467 e. The van der Waals surface area contributed by atoms with E-state index >= 15 is 0 Å². The second-order valence-electron chi connectivity index (χ2n) is 4.25. The lowest BCUT2D eigenvalue weighted by atomic mass is 9.85. The smallest absolute Gasteiger partial charge is 0.256 e. The van der Waals surface area contributed by atoms with Crippen molar-refractivity contribution in [3.05, 3.63) is 0 Å². The van der Waals surface area contributed by atoms with E-state index in [1.54, 1.807) is 0 Å². The van der Waals surface area contributed by atoms with Gasteiger partial charge in [0.25, 0.3) is 5.17 Å². The molecule has 12 heavy (non-hydrogen) atoms. The zero-order valence-electron chi connectivity index (χ0n) is 6.95. The molecular formula is C9H13NOS. The number of hydrogen-bond donors (Lipinski definition) is 1. The summed E-state index contributed by atoms with van der Waals surface area (Å²) in [4.78, 5) is 0. The Morgan fingerprint density at radius 2 is 2.17 bits per heavy atom. The SMILES string of the molecule is S=C1NC[C@@H]2[C@H]3CC[C@H](C3)[C@@H]2O1. The van der Waals surface area contributed by atoms with Crippen molar-refractivity contribution in [1.82, 2.24) is 5.32 Å². The van der Waals surface area contributed by atoms with Crippen LogP contribution in [0.3, 0.4) is 0 Å². The van der Waals surface area contributed by atoms with E-state index in [-0.39, 0.29) is 0 Å². The summed E-state index contributed by atoms with van der Waals surface area (Å²) in [5.74, 6) is 2.51. The normalized spacial score (nSPS) is 49.8. The zero-order valence-corrected chi connectivity index (χ0v) is 7.77. The molecule has 0 aromatic carbocycles. The van der Waals surface area contributed by atoms with Gasteiger partial charge in [-0.05, 0) is 43.3 Å². The summed E-state index contributed by atoms with van der Waals surface area (Å²) in [5, 5.41) is 3.78. The van der Waals surface area contributed by atoms with Crippen LogP contribution < -0.4 is 5.32 Å². The summed E-state index contributed by atoms with van der Waals surface area (Å²) in [6.45, 7) is 1.06. The lowest BCUT2D eigenvalue weighted by Crippen LogP contribution is -2.47. The average Bonchev–Trinajstić information content (AvgIpc) is 2.63. The molecule has 3 rings (SSSR count). The number of rotatable bonds is 0. The quantitative estimate of drug-likeness (QED) is 0.572. The first-order valence-corrected chi connectivity index (χ1v) is 5.20. The monoisotopic (exact) mass is 183 g/mol. The van der Waals surface area contributed by atoms with Gasteiger partial charge in [0.15, 0.2) is 0 Å². The van der Waals surface area contributed by atoms with Crippen LogP contribution >= 0.6 is 12.2 Å². The van der Waals surface area contributed by atoms with E-state index in [0.29, 0.717) is 11.3 Å². The minimum absolute atomic E-state index is 0.470.